The molecule has 136 valence electrons. The molecular formula is C18H18N2O5S. The summed E-state index contributed by atoms with van der Waals surface area (Å²) in [4.78, 5) is 4.32. The zero-order chi connectivity index (χ0) is 18.7. The SMILES string of the molecule is COc1ccc(OC)c(NS(=O)(=O)c2ccc(OC)c3ncccc23)c1. The van der Waals surface area contributed by atoms with Gasteiger partial charge in [0.05, 0.1) is 31.9 Å². The van der Waals surface area contributed by atoms with Crippen molar-refractivity contribution < 1.29 is 22.6 Å². The third-order valence-corrected chi connectivity index (χ3v) is 5.28. The predicted octanol–water partition coefficient (Wildman–Crippen LogP) is 3.06. The maximum absolute atomic E-state index is 13.0. The molecule has 26 heavy (non-hydrogen) atoms. The van der Waals surface area contributed by atoms with Gasteiger partial charge in [-0.15, -0.1) is 0 Å². The maximum atomic E-state index is 13.0. The van der Waals surface area contributed by atoms with Crippen LogP contribution in [-0.4, -0.2) is 34.7 Å². The van der Waals surface area contributed by atoms with E-state index in [1.807, 2.05) is 0 Å². The van der Waals surface area contributed by atoms with Crippen LogP contribution in [0.3, 0.4) is 0 Å². The van der Waals surface area contributed by atoms with Gasteiger partial charge in [0, 0.05) is 17.6 Å². The molecule has 1 N–H and O–H groups in total. The van der Waals surface area contributed by atoms with Crippen LogP contribution in [0.15, 0.2) is 53.6 Å². The molecule has 0 bridgehead atoms. The Morgan fingerprint density at radius 2 is 1.65 bits per heavy atom. The lowest BCUT2D eigenvalue weighted by molar-refractivity contribution is 0.405. The van der Waals surface area contributed by atoms with Crippen LogP contribution in [0.2, 0.25) is 0 Å². The summed E-state index contributed by atoms with van der Waals surface area (Å²) in [6.07, 6.45) is 1.58. The minimum Gasteiger partial charge on any atom is -0.497 e. The molecule has 7 nitrogen and oxygen atoms in total. The number of hydrogen-bond donors (Lipinski definition) is 1. The molecule has 0 saturated carbocycles. The van der Waals surface area contributed by atoms with Crippen molar-refractivity contribution in [2.24, 2.45) is 0 Å². The molecule has 1 aromatic heterocycles. The highest BCUT2D eigenvalue weighted by atomic mass is 32.2. The molecule has 1 heterocycles. The Morgan fingerprint density at radius 1 is 0.923 bits per heavy atom. The first-order chi connectivity index (χ1) is 12.5. The third kappa shape index (κ3) is 3.23. The number of aromatic nitrogens is 1. The van der Waals surface area contributed by atoms with E-state index in [0.717, 1.165) is 0 Å². The fraction of sp³-hybridized carbons (Fsp3) is 0.167. The molecule has 0 aliphatic carbocycles. The normalized spacial score (nSPS) is 11.2. The first-order valence-corrected chi connectivity index (χ1v) is 9.15. The molecule has 0 aliphatic rings. The van der Waals surface area contributed by atoms with Crippen LogP contribution < -0.4 is 18.9 Å². The van der Waals surface area contributed by atoms with Gasteiger partial charge in [-0.25, -0.2) is 8.42 Å². The summed E-state index contributed by atoms with van der Waals surface area (Å²) in [7, 11) is 0.575. The van der Waals surface area contributed by atoms with Crippen LogP contribution in [0, 0.1) is 0 Å². The quantitative estimate of drug-likeness (QED) is 0.714. The summed E-state index contributed by atoms with van der Waals surface area (Å²) in [6.45, 7) is 0. The zero-order valence-electron chi connectivity index (χ0n) is 14.5. The molecule has 0 radical (unpaired) electrons. The Hall–Kier alpha value is -3.00. The highest BCUT2D eigenvalue weighted by Crippen LogP contribution is 2.34. The van der Waals surface area contributed by atoms with Crippen LogP contribution >= 0.6 is 0 Å². The molecular weight excluding hydrogens is 356 g/mol. The monoisotopic (exact) mass is 374 g/mol. The van der Waals surface area contributed by atoms with Crippen LogP contribution in [0.1, 0.15) is 0 Å². The number of fused-ring (bicyclic) bond motifs is 1. The Kier molecular flexibility index (Phi) is 4.85. The van der Waals surface area contributed by atoms with Crippen molar-refractivity contribution in [2.45, 2.75) is 4.90 Å². The van der Waals surface area contributed by atoms with E-state index in [9.17, 15) is 8.42 Å². The molecule has 0 amide bonds. The lowest BCUT2D eigenvalue weighted by Crippen LogP contribution is -2.14. The Bertz CT molecular complexity index is 1050. The van der Waals surface area contributed by atoms with Crippen molar-refractivity contribution in [3.8, 4) is 17.2 Å². The zero-order valence-corrected chi connectivity index (χ0v) is 15.3. The largest absolute Gasteiger partial charge is 0.497 e. The number of ether oxygens (including phenoxy) is 3. The standard InChI is InChI=1S/C18H18N2O5S/c1-23-12-6-7-15(24-2)14(11-12)20-26(21,22)17-9-8-16(25-3)18-13(17)5-4-10-19-18/h4-11,20H,1-3H3. The number of hydrogen-bond acceptors (Lipinski definition) is 6. The van der Waals surface area contributed by atoms with E-state index in [0.29, 0.717) is 28.2 Å². The van der Waals surface area contributed by atoms with Crippen LogP contribution in [-0.2, 0) is 10.0 Å². The summed E-state index contributed by atoms with van der Waals surface area (Å²) in [5, 5.41) is 0.459. The topological polar surface area (TPSA) is 86.8 Å². The predicted molar refractivity (Wildman–Crippen MR) is 98.6 cm³/mol. The summed E-state index contributed by atoms with van der Waals surface area (Å²) in [5.74, 6) is 1.38. The van der Waals surface area contributed by atoms with Crippen molar-refractivity contribution >= 4 is 26.6 Å². The van der Waals surface area contributed by atoms with Gasteiger partial charge in [0.1, 0.15) is 22.8 Å². The molecule has 0 unspecified atom stereocenters. The van der Waals surface area contributed by atoms with E-state index in [-0.39, 0.29) is 10.6 Å². The smallest absolute Gasteiger partial charge is 0.262 e. The van der Waals surface area contributed by atoms with Crippen LogP contribution in [0.5, 0.6) is 17.2 Å². The van der Waals surface area contributed by atoms with E-state index in [1.54, 1.807) is 42.6 Å². The van der Waals surface area contributed by atoms with E-state index in [2.05, 4.69) is 9.71 Å². The second-order valence-corrected chi connectivity index (χ2v) is 6.99. The third-order valence-electron chi connectivity index (χ3n) is 3.85. The van der Waals surface area contributed by atoms with Gasteiger partial charge in [0.15, 0.2) is 0 Å². The molecule has 3 rings (SSSR count). The molecule has 0 spiro atoms. The summed E-state index contributed by atoms with van der Waals surface area (Å²) in [5.41, 5.74) is 0.746. The maximum Gasteiger partial charge on any atom is 0.262 e. The number of nitrogens with one attached hydrogen (secondary N) is 1. The molecule has 2 aromatic carbocycles. The second-order valence-electron chi connectivity index (χ2n) is 5.34. The molecule has 8 heteroatoms. The number of benzene rings is 2. The van der Waals surface area contributed by atoms with E-state index in [1.165, 1.54) is 27.4 Å². The highest BCUT2D eigenvalue weighted by Gasteiger charge is 2.21. The average molecular weight is 374 g/mol. The number of rotatable bonds is 6. The summed E-state index contributed by atoms with van der Waals surface area (Å²) in [6, 6.07) is 11.3. The Morgan fingerprint density at radius 3 is 2.35 bits per heavy atom. The lowest BCUT2D eigenvalue weighted by atomic mass is 10.2. The van der Waals surface area contributed by atoms with Crippen molar-refractivity contribution in [1.82, 2.24) is 4.98 Å². The van der Waals surface area contributed by atoms with Crippen molar-refractivity contribution in [3.05, 3.63) is 48.7 Å². The van der Waals surface area contributed by atoms with Gasteiger partial charge in [-0.3, -0.25) is 9.71 Å². The van der Waals surface area contributed by atoms with Gasteiger partial charge in [-0.05, 0) is 36.4 Å². The van der Waals surface area contributed by atoms with E-state index in [4.69, 9.17) is 14.2 Å². The fourth-order valence-electron chi connectivity index (χ4n) is 2.61. The van der Waals surface area contributed by atoms with Crippen molar-refractivity contribution in [3.63, 3.8) is 0 Å². The summed E-state index contributed by atoms with van der Waals surface area (Å²) >= 11 is 0. The summed E-state index contributed by atoms with van der Waals surface area (Å²) < 4.78 is 44.2. The molecule has 0 saturated heterocycles. The van der Waals surface area contributed by atoms with E-state index < -0.39 is 10.0 Å². The van der Waals surface area contributed by atoms with Crippen LogP contribution in [0.4, 0.5) is 5.69 Å². The molecule has 0 fully saturated rings. The average Bonchev–Trinajstić information content (AvgIpc) is 2.66. The van der Waals surface area contributed by atoms with Gasteiger partial charge >= 0.3 is 0 Å². The highest BCUT2D eigenvalue weighted by molar-refractivity contribution is 7.93. The molecule has 0 atom stereocenters. The van der Waals surface area contributed by atoms with Gasteiger partial charge in [0.2, 0.25) is 0 Å². The lowest BCUT2D eigenvalue weighted by Gasteiger charge is -2.15. The molecule has 0 aliphatic heterocycles. The number of anilines is 1. The minimum atomic E-state index is -3.90. The molecule has 3 aromatic rings. The Labute approximate surface area is 151 Å². The first kappa shape index (κ1) is 17.8. The van der Waals surface area contributed by atoms with Gasteiger partial charge in [-0.1, -0.05) is 0 Å². The van der Waals surface area contributed by atoms with Gasteiger partial charge in [-0.2, -0.15) is 0 Å². The first-order valence-electron chi connectivity index (χ1n) is 7.66. The fourth-order valence-corrected chi connectivity index (χ4v) is 3.87. The number of pyridine rings is 1. The second kappa shape index (κ2) is 7.09. The van der Waals surface area contributed by atoms with Crippen molar-refractivity contribution in [2.75, 3.05) is 26.1 Å². The van der Waals surface area contributed by atoms with Crippen LogP contribution in [0.25, 0.3) is 10.9 Å². The van der Waals surface area contributed by atoms with Gasteiger partial charge in [0.25, 0.3) is 10.0 Å². The van der Waals surface area contributed by atoms with Gasteiger partial charge < -0.3 is 14.2 Å². The Balaban J connectivity index is 2.12. The van der Waals surface area contributed by atoms with Crippen molar-refractivity contribution in [1.29, 1.82) is 0 Å². The minimum absolute atomic E-state index is 0.0891. The number of nitrogens with zero attached hydrogens (tertiary/aromatic N) is 1. The number of methoxy groups -OCH3 is 3. The number of sulfonamides is 1. The van der Waals surface area contributed by atoms with E-state index >= 15 is 0 Å².